The summed E-state index contributed by atoms with van der Waals surface area (Å²) in [5.41, 5.74) is -0.875. The molecule has 0 saturated heterocycles. The molecule has 0 spiro atoms. The quantitative estimate of drug-likeness (QED) is 0.660. The van der Waals surface area contributed by atoms with E-state index in [0.29, 0.717) is 11.4 Å². The predicted molar refractivity (Wildman–Crippen MR) is 90.5 cm³/mol. The van der Waals surface area contributed by atoms with Crippen molar-refractivity contribution in [2.24, 2.45) is 0 Å². The van der Waals surface area contributed by atoms with E-state index in [-0.39, 0.29) is 11.3 Å². The third-order valence-electron chi connectivity index (χ3n) is 3.90. The smallest absolute Gasteiger partial charge is 0.339 e. The van der Waals surface area contributed by atoms with Gasteiger partial charge in [0.15, 0.2) is 0 Å². The molecule has 1 atom stereocenters. The van der Waals surface area contributed by atoms with Crippen molar-refractivity contribution < 1.29 is 23.9 Å². The molecule has 0 bridgehead atoms. The molecule has 3 rings (SSSR count). The third-order valence-corrected chi connectivity index (χ3v) is 3.90. The Kier molecular flexibility index (Phi) is 4.14. The predicted octanol–water partition coefficient (Wildman–Crippen LogP) is 2.20. The maximum absolute atomic E-state index is 12.7. The van der Waals surface area contributed by atoms with Crippen molar-refractivity contribution >= 4 is 29.2 Å². The highest BCUT2D eigenvalue weighted by Crippen LogP contribution is 2.34. The van der Waals surface area contributed by atoms with Gasteiger partial charge in [-0.15, -0.1) is 0 Å². The Morgan fingerprint density at radius 1 is 1.12 bits per heavy atom. The number of esters is 1. The average molecular weight is 340 g/mol. The normalized spacial score (nSPS) is 18.4. The van der Waals surface area contributed by atoms with Gasteiger partial charge in [-0.25, -0.2) is 4.79 Å². The summed E-state index contributed by atoms with van der Waals surface area (Å²) in [4.78, 5) is 36.9. The number of carbonyl (C=O) groups is 3. The Hall–Kier alpha value is -3.35. The molecule has 2 amide bonds. The minimum Gasteiger partial charge on any atom is -0.466 e. The van der Waals surface area contributed by atoms with Crippen molar-refractivity contribution in [3.63, 3.8) is 0 Å². The summed E-state index contributed by atoms with van der Waals surface area (Å²) >= 11 is 0. The fraction of sp³-hybridized carbons (Fsp3) is 0.167. The fourth-order valence-electron chi connectivity index (χ4n) is 2.44. The first kappa shape index (κ1) is 16.5. The first-order valence-corrected chi connectivity index (χ1v) is 7.54. The molecular formula is C18H16N2O5. The molecule has 1 heterocycles. The van der Waals surface area contributed by atoms with Gasteiger partial charge in [0.1, 0.15) is 5.75 Å². The van der Waals surface area contributed by atoms with Crippen LogP contribution in [0.2, 0.25) is 0 Å². The number of benzene rings is 2. The van der Waals surface area contributed by atoms with Crippen molar-refractivity contribution in [2.45, 2.75) is 12.5 Å². The number of ether oxygens (including phenoxy) is 2. The van der Waals surface area contributed by atoms with Crippen molar-refractivity contribution in [2.75, 3.05) is 17.7 Å². The van der Waals surface area contributed by atoms with Gasteiger partial charge in [-0.05, 0) is 31.2 Å². The Bertz CT molecular complexity index is 864. The largest absolute Gasteiger partial charge is 0.466 e. The molecule has 7 heteroatoms. The zero-order valence-corrected chi connectivity index (χ0v) is 13.7. The van der Waals surface area contributed by atoms with Crippen LogP contribution in [0, 0.1) is 0 Å². The summed E-state index contributed by atoms with van der Waals surface area (Å²) in [5, 5.41) is 5.22. The van der Waals surface area contributed by atoms with E-state index in [1.165, 1.54) is 20.1 Å². The fourth-order valence-corrected chi connectivity index (χ4v) is 2.44. The van der Waals surface area contributed by atoms with E-state index >= 15 is 0 Å². The highest BCUT2D eigenvalue weighted by atomic mass is 16.5. The molecule has 2 aromatic rings. The Morgan fingerprint density at radius 2 is 1.80 bits per heavy atom. The molecule has 0 saturated carbocycles. The second-order valence-corrected chi connectivity index (χ2v) is 5.58. The summed E-state index contributed by atoms with van der Waals surface area (Å²) in [5.74, 6) is -1.50. The van der Waals surface area contributed by atoms with Crippen LogP contribution in [0.25, 0.3) is 0 Å². The van der Waals surface area contributed by atoms with Gasteiger partial charge >= 0.3 is 5.97 Å². The number of para-hydroxylation sites is 3. The lowest BCUT2D eigenvalue weighted by Crippen LogP contribution is -2.56. The average Bonchev–Trinajstić information content (AvgIpc) is 2.62. The third kappa shape index (κ3) is 2.91. The first-order valence-electron chi connectivity index (χ1n) is 7.54. The molecule has 7 nitrogen and oxygen atoms in total. The number of hydrogen-bond donors (Lipinski definition) is 2. The van der Waals surface area contributed by atoms with Gasteiger partial charge in [0.2, 0.25) is 0 Å². The molecule has 25 heavy (non-hydrogen) atoms. The van der Waals surface area contributed by atoms with Gasteiger partial charge < -0.3 is 20.1 Å². The molecule has 2 N–H and O–H groups in total. The van der Waals surface area contributed by atoms with Gasteiger partial charge in [0.05, 0.1) is 24.0 Å². The molecule has 1 aliphatic rings. The van der Waals surface area contributed by atoms with Crippen LogP contribution in [0.1, 0.15) is 17.3 Å². The van der Waals surface area contributed by atoms with Crippen LogP contribution in [0.5, 0.6) is 5.75 Å². The maximum atomic E-state index is 12.7. The number of amides is 2. The molecule has 0 aliphatic carbocycles. The van der Waals surface area contributed by atoms with E-state index in [9.17, 15) is 14.4 Å². The molecule has 1 aliphatic heterocycles. The second kappa shape index (κ2) is 6.27. The monoisotopic (exact) mass is 340 g/mol. The standard InChI is InChI=1S/C18H16N2O5/c1-18(17(23)20-13-9-5-6-10-14(13)25-18)16(22)19-12-8-4-3-7-11(12)15(21)24-2/h3-10H,1-2H3,(H,19,22)(H,20,23). The summed E-state index contributed by atoms with van der Waals surface area (Å²) in [7, 11) is 1.25. The van der Waals surface area contributed by atoms with Crippen LogP contribution < -0.4 is 15.4 Å². The van der Waals surface area contributed by atoms with E-state index in [4.69, 9.17) is 9.47 Å². The lowest BCUT2D eigenvalue weighted by molar-refractivity contribution is -0.143. The molecular weight excluding hydrogens is 324 g/mol. The van der Waals surface area contributed by atoms with Gasteiger partial charge in [-0.1, -0.05) is 24.3 Å². The number of anilines is 2. The molecule has 0 aromatic heterocycles. The van der Waals surface area contributed by atoms with Crippen molar-refractivity contribution in [3.05, 3.63) is 54.1 Å². The maximum Gasteiger partial charge on any atom is 0.339 e. The van der Waals surface area contributed by atoms with Crippen LogP contribution in [-0.2, 0) is 14.3 Å². The van der Waals surface area contributed by atoms with E-state index in [0.717, 1.165) is 0 Å². The van der Waals surface area contributed by atoms with Gasteiger partial charge in [0, 0.05) is 0 Å². The lowest BCUT2D eigenvalue weighted by atomic mass is 10.0. The van der Waals surface area contributed by atoms with E-state index in [1.807, 2.05) is 0 Å². The zero-order valence-electron chi connectivity index (χ0n) is 13.7. The summed E-state index contributed by atoms with van der Waals surface area (Å²) < 4.78 is 10.3. The molecule has 0 fully saturated rings. The van der Waals surface area contributed by atoms with E-state index < -0.39 is 23.4 Å². The van der Waals surface area contributed by atoms with Crippen molar-refractivity contribution in [3.8, 4) is 5.75 Å². The minimum atomic E-state index is -1.78. The molecule has 2 aromatic carbocycles. The van der Waals surface area contributed by atoms with Gasteiger partial charge in [-0.2, -0.15) is 0 Å². The Balaban J connectivity index is 1.89. The molecule has 1 unspecified atom stereocenters. The summed E-state index contributed by atoms with van der Waals surface area (Å²) in [6.45, 7) is 1.37. The number of hydrogen-bond acceptors (Lipinski definition) is 5. The number of methoxy groups -OCH3 is 1. The topological polar surface area (TPSA) is 93.7 Å². The second-order valence-electron chi connectivity index (χ2n) is 5.58. The number of carbonyl (C=O) groups excluding carboxylic acids is 3. The van der Waals surface area contributed by atoms with Crippen molar-refractivity contribution in [1.82, 2.24) is 0 Å². The lowest BCUT2D eigenvalue weighted by Gasteiger charge is -2.33. The van der Waals surface area contributed by atoms with Crippen LogP contribution in [0.4, 0.5) is 11.4 Å². The molecule has 128 valence electrons. The van der Waals surface area contributed by atoms with E-state index in [1.54, 1.807) is 42.5 Å². The van der Waals surface area contributed by atoms with Gasteiger partial charge in [-0.3, -0.25) is 9.59 Å². The van der Waals surface area contributed by atoms with Gasteiger partial charge in [0.25, 0.3) is 17.4 Å². The SMILES string of the molecule is COC(=O)c1ccccc1NC(=O)C1(C)Oc2ccccc2NC1=O. The van der Waals surface area contributed by atoms with Crippen LogP contribution >= 0.6 is 0 Å². The minimum absolute atomic E-state index is 0.179. The van der Waals surface area contributed by atoms with Crippen LogP contribution in [0.15, 0.2) is 48.5 Å². The number of fused-ring (bicyclic) bond motifs is 1. The molecule has 0 radical (unpaired) electrons. The summed E-state index contributed by atoms with van der Waals surface area (Å²) in [6, 6.07) is 13.2. The highest BCUT2D eigenvalue weighted by Gasteiger charge is 2.47. The number of nitrogens with one attached hydrogen (secondary N) is 2. The first-order chi connectivity index (χ1) is 12.0. The van der Waals surface area contributed by atoms with E-state index in [2.05, 4.69) is 10.6 Å². The van der Waals surface area contributed by atoms with Crippen LogP contribution in [0.3, 0.4) is 0 Å². The zero-order chi connectivity index (χ0) is 18.0. The summed E-state index contributed by atoms with van der Waals surface area (Å²) in [6.07, 6.45) is 0. The van der Waals surface area contributed by atoms with Crippen LogP contribution in [-0.4, -0.2) is 30.5 Å². The Morgan fingerprint density at radius 3 is 2.56 bits per heavy atom. The Labute approximate surface area is 143 Å². The van der Waals surface area contributed by atoms with Crippen molar-refractivity contribution in [1.29, 1.82) is 0 Å². The highest BCUT2D eigenvalue weighted by molar-refractivity contribution is 6.19. The number of rotatable bonds is 3.